The normalized spacial score (nSPS) is 20.3. The van der Waals surface area contributed by atoms with Gasteiger partial charge in [0.1, 0.15) is 0 Å². The third-order valence-electron chi connectivity index (χ3n) is 3.98. The number of nitrogens with two attached hydrogens (primary N) is 1. The molecule has 4 heteroatoms. The Morgan fingerprint density at radius 2 is 1.94 bits per heavy atom. The Kier molecular flexibility index (Phi) is 6.15. The van der Waals surface area contributed by atoms with Gasteiger partial charge in [0.25, 0.3) is 0 Å². The Balaban J connectivity index is 1.93. The van der Waals surface area contributed by atoms with Gasteiger partial charge in [-0.1, -0.05) is 32.1 Å². The van der Waals surface area contributed by atoms with Crippen molar-refractivity contribution in [3.05, 3.63) is 20.8 Å². The molecule has 1 aromatic heterocycles. The Morgan fingerprint density at radius 1 is 1.28 bits per heavy atom. The van der Waals surface area contributed by atoms with E-state index in [2.05, 4.69) is 32.8 Å². The monoisotopic (exact) mass is 330 g/mol. The second kappa shape index (κ2) is 7.63. The number of halogens is 1. The van der Waals surface area contributed by atoms with Crippen LogP contribution in [0, 0.1) is 5.92 Å². The van der Waals surface area contributed by atoms with Crippen molar-refractivity contribution in [1.82, 2.24) is 5.43 Å². The number of hydrazine groups is 1. The van der Waals surface area contributed by atoms with Crippen LogP contribution in [0.3, 0.4) is 0 Å². The molecule has 1 aliphatic rings. The van der Waals surface area contributed by atoms with Crippen LogP contribution in [0.2, 0.25) is 0 Å². The van der Waals surface area contributed by atoms with Gasteiger partial charge in [0.15, 0.2) is 0 Å². The van der Waals surface area contributed by atoms with Gasteiger partial charge in [0, 0.05) is 20.8 Å². The van der Waals surface area contributed by atoms with Gasteiger partial charge < -0.3 is 0 Å². The van der Waals surface area contributed by atoms with E-state index in [0.29, 0.717) is 6.04 Å². The molecule has 1 atom stereocenters. The van der Waals surface area contributed by atoms with Crippen molar-refractivity contribution in [1.29, 1.82) is 0 Å². The van der Waals surface area contributed by atoms with E-state index in [-0.39, 0.29) is 0 Å². The van der Waals surface area contributed by atoms with Gasteiger partial charge in [-0.05, 0) is 47.2 Å². The van der Waals surface area contributed by atoms with Crippen LogP contribution in [0.15, 0.2) is 15.9 Å². The summed E-state index contributed by atoms with van der Waals surface area (Å²) < 4.78 is 1.19. The summed E-state index contributed by atoms with van der Waals surface area (Å²) in [7, 11) is 0. The lowest BCUT2D eigenvalue weighted by Crippen LogP contribution is -2.42. The first kappa shape index (κ1) is 14.5. The molecule has 1 saturated carbocycles. The summed E-state index contributed by atoms with van der Waals surface area (Å²) in [6, 6.07) is 2.66. The van der Waals surface area contributed by atoms with Crippen LogP contribution < -0.4 is 11.3 Å². The second-order valence-electron chi connectivity index (χ2n) is 5.31. The van der Waals surface area contributed by atoms with Crippen LogP contribution in [-0.2, 0) is 6.42 Å². The lowest BCUT2D eigenvalue weighted by Gasteiger charge is -2.28. The Labute approximate surface area is 122 Å². The first-order valence-electron chi connectivity index (χ1n) is 6.98. The summed E-state index contributed by atoms with van der Waals surface area (Å²) in [6.07, 6.45) is 10.7. The first-order chi connectivity index (χ1) is 8.79. The lowest BCUT2D eigenvalue weighted by atomic mass is 9.84. The van der Waals surface area contributed by atoms with Crippen molar-refractivity contribution in [3.8, 4) is 0 Å². The van der Waals surface area contributed by atoms with Crippen LogP contribution in [0.1, 0.15) is 49.8 Å². The van der Waals surface area contributed by atoms with Crippen LogP contribution in [0.25, 0.3) is 0 Å². The Morgan fingerprint density at radius 3 is 2.50 bits per heavy atom. The third kappa shape index (κ3) is 4.34. The molecule has 1 aromatic rings. The molecule has 102 valence electrons. The quantitative estimate of drug-likeness (QED) is 0.639. The van der Waals surface area contributed by atoms with E-state index < -0.39 is 0 Å². The van der Waals surface area contributed by atoms with Crippen molar-refractivity contribution >= 4 is 27.3 Å². The fourth-order valence-electron chi connectivity index (χ4n) is 2.93. The number of thiophene rings is 1. The van der Waals surface area contributed by atoms with Crippen molar-refractivity contribution in [2.45, 2.75) is 57.4 Å². The molecule has 0 spiro atoms. The molecule has 2 rings (SSSR count). The molecule has 0 bridgehead atoms. The summed E-state index contributed by atoms with van der Waals surface area (Å²) in [5, 5.41) is 2.15. The minimum atomic E-state index is 0.439. The molecule has 0 radical (unpaired) electrons. The Hall–Kier alpha value is 0.1000. The molecule has 18 heavy (non-hydrogen) atoms. The smallest absolute Gasteiger partial charge is 0.0287 e. The zero-order valence-corrected chi connectivity index (χ0v) is 13.2. The third-order valence-corrected chi connectivity index (χ3v) is 5.70. The second-order valence-corrected chi connectivity index (χ2v) is 7.23. The molecular weight excluding hydrogens is 308 g/mol. The van der Waals surface area contributed by atoms with Crippen molar-refractivity contribution in [3.63, 3.8) is 0 Å². The van der Waals surface area contributed by atoms with E-state index in [1.165, 1.54) is 54.3 Å². The summed E-state index contributed by atoms with van der Waals surface area (Å²) in [5.74, 6) is 6.54. The largest absolute Gasteiger partial charge is 0.271 e. The SMILES string of the molecule is NNC(Cc1cc(Br)cs1)C1CCCCCCC1. The molecule has 1 unspecified atom stereocenters. The van der Waals surface area contributed by atoms with Gasteiger partial charge >= 0.3 is 0 Å². The van der Waals surface area contributed by atoms with E-state index >= 15 is 0 Å². The average molecular weight is 331 g/mol. The minimum absolute atomic E-state index is 0.439. The van der Waals surface area contributed by atoms with Crippen LogP contribution in [0.5, 0.6) is 0 Å². The van der Waals surface area contributed by atoms with Gasteiger partial charge in [0.2, 0.25) is 0 Å². The Bertz CT molecular complexity index is 345. The summed E-state index contributed by atoms with van der Waals surface area (Å²) in [6.45, 7) is 0. The molecule has 1 aliphatic carbocycles. The maximum atomic E-state index is 5.79. The summed E-state index contributed by atoms with van der Waals surface area (Å²) >= 11 is 5.35. The van der Waals surface area contributed by atoms with E-state index in [4.69, 9.17) is 5.84 Å². The van der Waals surface area contributed by atoms with Crippen LogP contribution in [0.4, 0.5) is 0 Å². The van der Waals surface area contributed by atoms with Gasteiger partial charge in [-0.2, -0.15) is 0 Å². The molecule has 1 heterocycles. The first-order valence-corrected chi connectivity index (χ1v) is 8.66. The minimum Gasteiger partial charge on any atom is -0.271 e. The average Bonchev–Trinajstić information content (AvgIpc) is 2.72. The predicted octanol–water partition coefficient (Wildman–Crippen LogP) is 4.25. The number of nitrogens with one attached hydrogen (secondary N) is 1. The standard InChI is InChI=1S/C14H23BrN2S/c15-12-8-13(18-10-12)9-14(17-16)11-6-4-2-1-3-5-7-11/h8,10-11,14,17H,1-7,9,16H2. The van der Waals surface area contributed by atoms with Crippen molar-refractivity contribution in [2.24, 2.45) is 11.8 Å². The van der Waals surface area contributed by atoms with E-state index in [0.717, 1.165) is 12.3 Å². The zero-order valence-electron chi connectivity index (χ0n) is 10.8. The van der Waals surface area contributed by atoms with Crippen molar-refractivity contribution in [2.75, 3.05) is 0 Å². The van der Waals surface area contributed by atoms with Crippen LogP contribution in [-0.4, -0.2) is 6.04 Å². The van der Waals surface area contributed by atoms with E-state index in [9.17, 15) is 0 Å². The highest BCUT2D eigenvalue weighted by Crippen LogP contribution is 2.28. The highest BCUT2D eigenvalue weighted by atomic mass is 79.9. The fraction of sp³-hybridized carbons (Fsp3) is 0.714. The topological polar surface area (TPSA) is 38.0 Å². The predicted molar refractivity (Wildman–Crippen MR) is 82.6 cm³/mol. The molecule has 0 saturated heterocycles. The zero-order chi connectivity index (χ0) is 12.8. The maximum Gasteiger partial charge on any atom is 0.0287 e. The molecule has 2 nitrogen and oxygen atoms in total. The van der Waals surface area contributed by atoms with Gasteiger partial charge in [0.05, 0.1) is 0 Å². The van der Waals surface area contributed by atoms with Gasteiger partial charge in [-0.3, -0.25) is 11.3 Å². The number of rotatable bonds is 4. The van der Waals surface area contributed by atoms with Crippen molar-refractivity contribution < 1.29 is 0 Å². The van der Waals surface area contributed by atoms with E-state index in [1.807, 2.05) is 11.3 Å². The molecule has 3 N–H and O–H groups in total. The lowest BCUT2D eigenvalue weighted by molar-refractivity contribution is 0.286. The molecule has 1 fully saturated rings. The number of hydrogen-bond acceptors (Lipinski definition) is 3. The van der Waals surface area contributed by atoms with E-state index in [1.54, 1.807) is 0 Å². The summed E-state index contributed by atoms with van der Waals surface area (Å²) in [5.41, 5.74) is 3.07. The van der Waals surface area contributed by atoms with Gasteiger partial charge in [-0.15, -0.1) is 11.3 Å². The maximum absolute atomic E-state index is 5.79. The van der Waals surface area contributed by atoms with Gasteiger partial charge in [-0.25, -0.2) is 0 Å². The van der Waals surface area contributed by atoms with Crippen LogP contribution >= 0.6 is 27.3 Å². The number of hydrogen-bond donors (Lipinski definition) is 2. The molecule has 0 aliphatic heterocycles. The fourth-order valence-corrected chi connectivity index (χ4v) is 4.44. The molecular formula is C14H23BrN2S. The highest BCUT2D eigenvalue weighted by molar-refractivity contribution is 9.10. The highest BCUT2D eigenvalue weighted by Gasteiger charge is 2.21. The summed E-state index contributed by atoms with van der Waals surface area (Å²) in [4.78, 5) is 1.42. The molecule has 0 aromatic carbocycles. The molecule has 0 amide bonds.